The molecule has 0 amide bonds. The Morgan fingerprint density at radius 3 is 2.57 bits per heavy atom. The maximum absolute atomic E-state index is 11.4. The van der Waals surface area contributed by atoms with Crippen LogP contribution in [0.1, 0.15) is 44.6 Å². The lowest BCUT2D eigenvalue weighted by Gasteiger charge is -2.16. The van der Waals surface area contributed by atoms with Crippen molar-refractivity contribution >= 4 is 22.4 Å². The Bertz CT molecular complexity index is 702. The number of pyridine rings is 1. The summed E-state index contributed by atoms with van der Waals surface area (Å²) < 4.78 is 0. The van der Waals surface area contributed by atoms with Crippen LogP contribution >= 0.6 is 0 Å². The first kappa shape index (κ1) is 18.6. The second kappa shape index (κ2) is 9.57. The van der Waals surface area contributed by atoms with Crippen molar-refractivity contribution in [3.63, 3.8) is 0 Å². The standard InChI is InChI=1S/C18H20N2O.C2H6/c1-4-5-6-7-13-20(3)18-10-8-9-17-15(18)11-12-16(19-17)14(2)21;1-2/h5-13H,4H2,1-3H3;1-2H3/b6-5+,13-7-;. The molecule has 0 saturated heterocycles. The molecule has 1 aromatic carbocycles. The normalized spacial score (nSPS) is 10.8. The van der Waals surface area contributed by atoms with Crippen LogP contribution in [-0.4, -0.2) is 17.8 Å². The van der Waals surface area contributed by atoms with Gasteiger partial charge in [0.2, 0.25) is 0 Å². The number of aromatic nitrogens is 1. The Morgan fingerprint density at radius 2 is 1.91 bits per heavy atom. The van der Waals surface area contributed by atoms with Crippen molar-refractivity contribution in [2.24, 2.45) is 0 Å². The van der Waals surface area contributed by atoms with Crippen LogP contribution in [0.3, 0.4) is 0 Å². The third-order valence-corrected chi connectivity index (χ3v) is 3.24. The van der Waals surface area contributed by atoms with Gasteiger partial charge in [0.25, 0.3) is 0 Å². The third-order valence-electron chi connectivity index (χ3n) is 3.24. The van der Waals surface area contributed by atoms with Gasteiger partial charge in [0.1, 0.15) is 5.69 Å². The molecule has 2 aromatic rings. The summed E-state index contributed by atoms with van der Waals surface area (Å²) in [6.45, 7) is 7.64. The van der Waals surface area contributed by atoms with Gasteiger partial charge in [-0.2, -0.15) is 0 Å². The Balaban J connectivity index is 0.00000127. The molecule has 1 aromatic heterocycles. The molecule has 0 fully saturated rings. The van der Waals surface area contributed by atoms with E-state index in [0.717, 1.165) is 23.0 Å². The van der Waals surface area contributed by atoms with Gasteiger partial charge in [0, 0.05) is 31.2 Å². The fourth-order valence-electron chi connectivity index (χ4n) is 2.12. The maximum Gasteiger partial charge on any atom is 0.178 e. The first-order valence-corrected chi connectivity index (χ1v) is 8.10. The molecule has 1 heterocycles. The van der Waals surface area contributed by atoms with Gasteiger partial charge in [-0.25, -0.2) is 4.98 Å². The molecule has 0 radical (unpaired) electrons. The van der Waals surface area contributed by atoms with Gasteiger partial charge in [0.05, 0.1) is 5.52 Å². The molecule has 23 heavy (non-hydrogen) atoms. The first-order valence-electron chi connectivity index (χ1n) is 8.10. The molecule has 0 aliphatic carbocycles. The number of anilines is 1. The van der Waals surface area contributed by atoms with Crippen LogP contribution in [0.25, 0.3) is 10.9 Å². The van der Waals surface area contributed by atoms with Crippen molar-refractivity contribution < 1.29 is 4.79 Å². The molecule has 3 nitrogen and oxygen atoms in total. The number of rotatable bonds is 5. The SMILES string of the molecule is CC.CC/C=C/C=C\N(C)c1cccc2nc(C(C)=O)ccc12. The summed E-state index contributed by atoms with van der Waals surface area (Å²) in [5.41, 5.74) is 2.41. The van der Waals surface area contributed by atoms with Gasteiger partial charge in [-0.05, 0) is 36.8 Å². The van der Waals surface area contributed by atoms with E-state index >= 15 is 0 Å². The van der Waals surface area contributed by atoms with Gasteiger partial charge in [-0.15, -0.1) is 0 Å². The molecule has 2 rings (SSSR count). The van der Waals surface area contributed by atoms with Crippen LogP contribution in [0.4, 0.5) is 5.69 Å². The second-order valence-corrected chi connectivity index (χ2v) is 4.89. The molecule has 0 saturated carbocycles. The van der Waals surface area contributed by atoms with E-state index < -0.39 is 0 Å². The number of carbonyl (C=O) groups is 1. The Morgan fingerprint density at radius 1 is 1.17 bits per heavy atom. The summed E-state index contributed by atoms with van der Waals surface area (Å²) in [5.74, 6) is -0.0137. The number of fused-ring (bicyclic) bond motifs is 1. The van der Waals surface area contributed by atoms with E-state index in [4.69, 9.17) is 0 Å². The lowest BCUT2D eigenvalue weighted by Crippen LogP contribution is -2.08. The maximum atomic E-state index is 11.4. The Labute approximate surface area is 139 Å². The molecule has 0 unspecified atom stereocenters. The molecule has 122 valence electrons. The van der Waals surface area contributed by atoms with Gasteiger partial charge < -0.3 is 4.90 Å². The fourth-order valence-corrected chi connectivity index (χ4v) is 2.12. The molecule has 3 heteroatoms. The van der Waals surface area contributed by atoms with Crippen LogP contribution in [0, 0.1) is 0 Å². The molecule has 0 bridgehead atoms. The minimum Gasteiger partial charge on any atom is -0.351 e. The summed E-state index contributed by atoms with van der Waals surface area (Å²) >= 11 is 0. The zero-order chi connectivity index (χ0) is 17.2. The van der Waals surface area contributed by atoms with Gasteiger partial charge in [0.15, 0.2) is 5.78 Å². The van der Waals surface area contributed by atoms with Crippen LogP contribution < -0.4 is 4.90 Å². The molecule has 0 atom stereocenters. The van der Waals surface area contributed by atoms with E-state index in [9.17, 15) is 4.79 Å². The van der Waals surface area contributed by atoms with Crippen molar-refractivity contribution in [3.05, 3.63) is 60.5 Å². The van der Waals surface area contributed by atoms with Crippen molar-refractivity contribution in [1.29, 1.82) is 0 Å². The van der Waals surface area contributed by atoms with Crippen molar-refractivity contribution in [1.82, 2.24) is 4.98 Å². The first-order chi connectivity index (χ1) is 11.1. The summed E-state index contributed by atoms with van der Waals surface area (Å²) in [5, 5.41) is 1.04. The number of hydrogen-bond acceptors (Lipinski definition) is 3. The number of ketones is 1. The highest BCUT2D eigenvalue weighted by atomic mass is 16.1. The largest absolute Gasteiger partial charge is 0.351 e. The van der Waals surface area contributed by atoms with Crippen molar-refractivity contribution in [2.75, 3.05) is 11.9 Å². The van der Waals surface area contributed by atoms with Gasteiger partial charge in [-0.1, -0.05) is 39.0 Å². The van der Waals surface area contributed by atoms with Crippen LogP contribution in [-0.2, 0) is 0 Å². The van der Waals surface area contributed by atoms with E-state index in [2.05, 4.69) is 22.9 Å². The van der Waals surface area contributed by atoms with Crippen molar-refractivity contribution in [2.45, 2.75) is 34.1 Å². The predicted octanol–water partition coefficient (Wildman–Crippen LogP) is 5.38. The minimum absolute atomic E-state index is 0.0137. The van der Waals surface area contributed by atoms with Crippen LogP contribution in [0.5, 0.6) is 0 Å². The molecule has 0 spiro atoms. The monoisotopic (exact) mass is 310 g/mol. The number of nitrogens with zero attached hydrogens (tertiary/aromatic N) is 2. The third kappa shape index (κ3) is 5.06. The average molecular weight is 310 g/mol. The number of hydrogen-bond donors (Lipinski definition) is 0. The number of Topliss-reactive ketones (excluding diaryl/α,β-unsaturated/α-hetero) is 1. The zero-order valence-corrected chi connectivity index (χ0v) is 14.7. The number of allylic oxidation sites excluding steroid dienone is 3. The van der Waals surface area contributed by atoms with Crippen LogP contribution in [0.15, 0.2) is 54.8 Å². The van der Waals surface area contributed by atoms with E-state index in [1.54, 1.807) is 6.07 Å². The average Bonchev–Trinajstić information content (AvgIpc) is 2.59. The molecular weight excluding hydrogens is 284 g/mol. The second-order valence-electron chi connectivity index (χ2n) is 4.89. The lowest BCUT2D eigenvalue weighted by molar-refractivity contribution is 0.101. The Kier molecular flexibility index (Phi) is 7.75. The van der Waals surface area contributed by atoms with E-state index in [-0.39, 0.29) is 5.78 Å². The van der Waals surface area contributed by atoms with Crippen LogP contribution in [0.2, 0.25) is 0 Å². The van der Waals surface area contributed by atoms with E-state index in [1.165, 1.54) is 6.92 Å². The highest BCUT2D eigenvalue weighted by Gasteiger charge is 2.07. The highest BCUT2D eigenvalue weighted by Crippen LogP contribution is 2.25. The minimum atomic E-state index is -0.0137. The summed E-state index contributed by atoms with van der Waals surface area (Å²) in [6.07, 6.45) is 9.20. The van der Waals surface area contributed by atoms with Gasteiger partial charge in [-0.3, -0.25) is 4.79 Å². The highest BCUT2D eigenvalue weighted by molar-refractivity contribution is 5.98. The molecule has 0 aliphatic rings. The van der Waals surface area contributed by atoms with Gasteiger partial charge >= 0.3 is 0 Å². The summed E-state index contributed by atoms with van der Waals surface area (Å²) in [7, 11) is 2.00. The Hall–Kier alpha value is -2.42. The summed E-state index contributed by atoms with van der Waals surface area (Å²) in [6, 6.07) is 9.68. The molecular formula is C20H26N2O. The molecule has 0 aliphatic heterocycles. The fraction of sp³-hybridized carbons (Fsp3) is 0.300. The van der Waals surface area contributed by atoms with E-state index in [0.29, 0.717) is 5.69 Å². The lowest BCUT2D eigenvalue weighted by atomic mass is 10.1. The number of carbonyl (C=O) groups excluding carboxylic acids is 1. The summed E-state index contributed by atoms with van der Waals surface area (Å²) in [4.78, 5) is 17.9. The van der Waals surface area contributed by atoms with Crippen molar-refractivity contribution in [3.8, 4) is 0 Å². The number of benzene rings is 1. The topological polar surface area (TPSA) is 33.2 Å². The smallest absolute Gasteiger partial charge is 0.178 e. The quantitative estimate of drug-likeness (QED) is 0.549. The zero-order valence-electron chi connectivity index (χ0n) is 14.7. The van der Waals surface area contributed by atoms with E-state index in [1.807, 2.05) is 63.5 Å². The predicted molar refractivity (Wildman–Crippen MR) is 100 cm³/mol. The molecule has 0 N–H and O–H groups in total.